The van der Waals surface area contributed by atoms with Crippen molar-refractivity contribution in [1.82, 2.24) is 0 Å². The van der Waals surface area contributed by atoms with E-state index in [1.54, 1.807) is 14.2 Å². The van der Waals surface area contributed by atoms with Gasteiger partial charge < -0.3 is 19.7 Å². The molecule has 2 N–H and O–H groups in total. The Morgan fingerprint density at radius 2 is 1.43 bits per heavy atom. The summed E-state index contributed by atoms with van der Waals surface area (Å²) < 4.78 is 11.1. The summed E-state index contributed by atoms with van der Waals surface area (Å²) in [4.78, 5) is 10.9. The molecule has 3 aromatic carbocycles. The highest BCUT2D eigenvalue weighted by molar-refractivity contribution is 5.67. The van der Waals surface area contributed by atoms with Gasteiger partial charge in [-0.05, 0) is 79.3 Å². The molecular weight excluding hydrogens is 440 g/mol. The van der Waals surface area contributed by atoms with Crippen LogP contribution in [0.3, 0.4) is 0 Å². The van der Waals surface area contributed by atoms with Crippen molar-refractivity contribution in [3.8, 4) is 11.5 Å². The van der Waals surface area contributed by atoms with Gasteiger partial charge in [0.1, 0.15) is 11.5 Å². The van der Waals surface area contributed by atoms with E-state index in [0.717, 1.165) is 41.5 Å². The van der Waals surface area contributed by atoms with E-state index >= 15 is 0 Å². The minimum absolute atomic E-state index is 0.000648. The first-order chi connectivity index (χ1) is 16.9. The van der Waals surface area contributed by atoms with Crippen LogP contribution in [0.5, 0.6) is 11.5 Å². The van der Waals surface area contributed by atoms with Crippen LogP contribution in [0.2, 0.25) is 0 Å². The number of aliphatic carboxylic acids is 1. The number of methoxy groups -OCH3 is 2. The summed E-state index contributed by atoms with van der Waals surface area (Å²) in [6, 6.07) is 22.3. The molecule has 0 aliphatic rings. The predicted molar refractivity (Wildman–Crippen MR) is 138 cm³/mol. The van der Waals surface area contributed by atoms with Gasteiger partial charge in [-0.25, -0.2) is 0 Å². The number of hydrogen-bond donors (Lipinski definition) is 2. The lowest BCUT2D eigenvalue weighted by atomic mass is 9.85. The number of aliphatic hydroxyl groups is 1. The van der Waals surface area contributed by atoms with Crippen LogP contribution in [-0.4, -0.2) is 30.4 Å². The van der Waals surface area contributed by atoms with Gasteiger partial charge in [-0.1, -0.05) is 54.6 Å². The lowest BCUT2D eigenvalue weighted by Crippen LogP contribution is -2.16. The number of rotatable bonds is 13. The molecule has 0 saturated heterocycles. The summed E-state index contributed by atoms with van der Waals surface area (Å²) in [7, 11) is 3.25. The molecule has 0 amide bonds. The maximum absolute atomic E-state index is 11.5. The zero-order valence-electron chi connectivity index (χ0n) is 20.9. The summed E-state index contributed by atoms with van der Waals surface area (Å²) in [6.07, 6.45) is 3.45. The largest absolute Gasteiger partial charge is 0.496 e. The fraction of sp³-hybridized carbons (Fsp3) is 0.367. The fourth-order valence-corrected chi connectivity index (χ4v) is 4.53. The second-order valence-electron chi connectivity index (χ2n) is 9.05. The smallest absolute Gasteiger partial charge is 0.303 e. The molecule has 0 aliphatic heterocycles. The fourth-order valence-electron chi connectivity index (χ4n) is 4.53. The third-order valence-corrected chi connectivity index (χ3v) is 6.59. The second-order valence-corrected chi connectivity index (χ2v) is 9.05. The van der Waals surface area contributed by atoms with Crippen molar-refractivity contribution < 1.29 is 24.5 Å². The average molecular weight is 477 g/mol. The molecular formula is C30H36O5. The van der Waals surface area contributed by atoms with Crippen molar-refractivity contribution in [3.63, 3.8) is 0 Å². The third-order valence-electron chi connectivity index (χ3n) is 6.59. The molecule has 0 fully saturated rings. The number of carboxylic acids is 1. The minimum Gasteiger partial charge on any atom is -0.496 e. The first-order valence-electron chi connectivity index (χ1n) is 12.2. The monoisotopic (exact) mass is 476 g/mol. The number of carbonyl (C=O) groups is 1. The van der Waals surface area contributed by atoms with Crippen LogP contribution in [0.25, 0.3) is 0 Å². The highest BCUT2D eigenvalue weighted by atomic mass is 16.5. The van der Waals surface area contributed by atoms with E-state index in [1.807, 2.05) is 49.4 Å². The van der Waals surface area contributed by atoms with E-state index in [-0.39, 0.29) is 12.3 Å². The van der Waals surface area contributed by atoms with Crippen molar-refractivity contribution in [2.75, 3.05) is 14.2 Å². The third kappa shape index (κ3) is 7.59. The van der Waals surface area contributed by atoms with Gasteiger partial charge in [0.25, 0.3) is 0 Å². The van der Waals surface area contributed by atoms with Crippen LogP contribution < -0.4 is 9.47 Å². The number of ether oxygens (including phenoxy) is 2. The average Bonchev–Trinajstić information content (AvgIpc) is 2.88. The molecule has 0 aliphatic carbocycles. The van der Waals surface area contributed by atoms with Crippen LogP contribution in [0, 0.1) is 12.8 Å². The van der Waals surface area contributed by atoms with Crippen molar-refractivity contribution in [2.24, 2.45) is 5.92 Å². The Morgan fingerprint density at radius 3 is 2.00 bits per heavy atom. The molecule has 35 heavy (non-hydrogen) atoms. The zero-order valence-corrected chi connectivity index (χ0v) is 20.9. The van der Waals surface area contributed by atoms with E-state index in [0.29, 0.717) is 24.3 Å². The number of carboxylic acid groups (broad SMARTS) is 1. The topological polar surface area (TPSA) is 76.0 Å². The summed E-state index contributed by atoms with van der Waals surface area (Å²) >= 11 is 0. The van der Waals surface area contributed by atoms with Crippen molar-refractivity contribution >= 4 is 5.97 Å². The molecule has 5 heteroatoms. The highest BCUT2D eigenvalue weighted by Crippen LogP contribution is 2.36. The molecule has 0 radical (unpaired) electrons. The van der Waals surface area contributed by atoms with Crippen LogP contribution in [0.1, 0.15) is 53.2 Å². The Bertz CT molecular complexity index is 1050. The first-order valence-corrected chi connectivity index (χ1v) is 12.2. The lowest BCUT2D eigenvalue weighted by Gasteiger charge is -2.25. The van der Waals surface area contributed by atoms with Gasteiger partial charge in [0, 0.05) is 12.0 Å². The molecule has 186 valence electrons. The van der Waals surface area contributed by atoms with Gasteiger partial charge in [0.2, 0.25) is 0 Å². The Hall–Kier alpha value is -3.31. The summed E-state index contributed by atoms with van der Waals surface area (Å²) in [6.45, 7) is 1.94. The molecule has 0 saturated carbocycles. The molecule has 0 spiro atoms. The Labute approximate surface area is 208 Å². The molecule has 0 aromatic heterocycles. The van der Waals surface area contributed by atoms with Crippen LogP contribution in [-0.2, 0) is 24.1 Å². The highest BCUT2D eigenvalue weighted by Gasteiger charge is 2.24. The Morgan fingerprint density at radius 1 is 0.857 bits per heavy atom. The second kappa shape index (κ2) is 13.0. The molecule has 2 atom stereocenters. The maximum atomic E-state index is 11.5. The van der Waals surface area contributed by atoms with Gasteiger partial charge in [0.15, 0.2) is 0 Å². The quantitative estimate of drug-likeness (QED) is 0.319. The molecule has 5 nitrogen and oxygen atoms in total. The number of aliphatic hydroxyl groups excluding tert-OH is 1. The summed E-state index contributed by atoms with van der Waals surface area (Å²) in [5.74, 6) is 0.605. The van der Waals surface area contributed by atoms with Gasteiger partial charge in [-0.3, -0.25) is 4.79 Å². The predicted octanol–water partition coefficient (Wildman–Crippen LogP) is 5.94. The Kier molecular flexibility index (Phi) is 9.74. The Balaban J connectivity index is 1.79. The SMILES string of the molecule is COc1cc(C(O)[C@H](CCCc2ccccc2)Cc2ccc(CCC(=O)O)cc2)cc(OC)c1C. The summed E-state index contributed by atoms with van der Waals surface area (Å²) in [5, 5.41) is 20.4. The lowest BCUT2D eigenvalue weighted by molar-refractivity contribution is -0.136. The minimum atomic E-state index is -0.792. The molecule has 3 aromatic rings. The number of hydrogen-bond acceptors (Lipinski definition) is 4. The summed E-state index contributed by atoms with van der Waals surface area (Å²) in [5.41, 5.74) is 5.11. The molecule has 0 heterocycles. The van der Waals surface area contributed by atoms with E-state index in [4.69, 9.17) is 14.6 Å². The van der Waals surface area contributed by atoms with Gasteiger partial charge >= 0.3 is 5.97 Å². The van der Waals surface area contributed by atoms with Crippen LogP contribution in [0.15, 0.2) is 66.7 Å². The standard InChI is InChI=1S/C30H36O5/c1-21-27(34-2)19-26(20-28(21)35-3)30(33)25(11-7-10-22-8-5-4-6-9-22)18-24-14-12-23(13-15-24)16-17-29(31)32/h4-6,8-9,12-15,19-20,25,30,33H,7,10-11,16-18H2,1-3H3,(H,31,32)/t25-,30?/m1/s1. The normalized spacial score (nSPS) is 12.7. The van der Waals surface area contributed by atoms with Gasteiger partial charge in [-0.15, -0.1) is 0 Å². The molecule has 0 bridgehead atoms. The van der Waals surface area contributed by atoms with Crippen molar-refractivity contribution in [2.45, 2.75) is 51.6 Å². The van der Waals surface area contributed by atoms with E-state index < -0.39 is 12.1 Å². The van der Waals surface area contributed by atoms with Crippen molar-refractivity contribution in [1.29, 1.82) is 0 Å². The maximum Gasteiger partial charge on any atom is 0.303 e. The van der Waals surface area contributed by atoms with Crippen LogP contribution in [0.4, 0.5) is 0 Å². The van der Waals surface area contributed by atoms with Crippen LogP contribution >= 0.6 is 0 Å². The zero-order chi connectivity index (χ0) is 25.2. The van der Waals surface area contributed by atoms with E-state index in [9.17, 15) is 9.90 Å². The molecule has 1 unspecified atom stereocenters. The number of aryl methyl sites for hydroxylation is 2. The molecule has 3 rings (SSSR count). The van der Waals surface area contributed by atoms with Gasteiger partial charge in [0.05, 0.1) is 20.3 Å². The number of benzene rings is 3. The van der Waals surface area contributed by atoms with Crippen molar-refractivity contribution in [3.05, 3.63) is 94.5 Å². The van der Waals surface area contributed by atoms with E-state index in [1.165, 1.54) is 5.56 Å². The first kappa shape index (κ1) is 26.3. The van der Waals surface area contributed by atoms with E-state index in [2.05, 4.69) is 24.3 Å². The van der Waals surface area contributed by atoms with Gasteiger partial charge in [-0.2, -0.15) is 0 Å².